The molecular weight excluding hydrogens is 474 g/mol. The molecule has 5 rings (SSSR count). The summed E-state index contributed by atoms with van der Waals surface area (Å²) < 4.78 is 52.3. The highest BCUT2D eigenvalue weighted by Gasteiger charge is 2.38. The normalized spacial score (nSPS) is 17.4. The number of methoxy groups -OCH3 is 2. The number of hydrogen-bond donors (Lipinski definition) is 0. The molecule has 2 heterocycles. The van der Waals surface area contributed by atoms with Crippen molar-refractivity contribution < 1.29 is 42.1 Å². The summed E-state index contributed by atoms with van der Waals surface area (Å²) in [5.41, 5.74) is 1.89. The van der Waals surface area contributed by atoms with E-state index in [4.69, 9.17) is 18.9 Å². The maximum Gasteiger partial charge on any atom is 0.387 e. The second kappa shape index (κ2) is 9.33. The molecule has 1 atom stereocenters. The summed E-state index contributed by atoms with van der Waals surface area (Å²) in [5.74, 6) is -0.0254. The highest BCUT2D eigenvalue weighted by atomic mass is 19.3. The van der Waals surface area contributed by atoms with Gasteiger partial charge in [0, 0.05) is 17.0 Å². The molecule has 36 heavy (non-hydrogen) atoms. The summed E-state index contributed by atoms with van der Waals surface area (Å²) in [6, 6.07) is 14.4. The van der Waals surface area contributed by atoms with Crippen LogP contribution in [0.2, 0.25) is 0 Å². The number of fused-ring (bicyclic) bond motifs is 3. The van der Waals surface area contributed by atoms with Crippen molar-refractivity contribution in [3.63, 3.8) is 0 Å². The molecule has 0 amide bonds. The Morgan fingerprint density at radius 1 is 1.00 bits per heavy atom. The lowest BCUT2D eigenvalue weighted by molar-refractivity contribution is -0.135. The van der Waals surface area contributed by atoms with E-state index in [9.17, 15) is 18.4 Å². The summed E-state index contributed by atoms with van der Waals surface area (Å²) in [6.45, 7) is -2.99. The SMILES string of the molecule is COc1cccc(/C=C2\Oc3c(ccc4c3C(c3cccc(OC(F)F)c3)CC(=O)O4)C2=O)c1OC. The lowest BCUT2D eigenvalue weighted by atomic mass is 9.84. The Labute approximate surface area is 204 Å². The smallest absolute Gasteiger partial charge is 0.387 e. The van der Waals surface area contributed by atoms with Gasteiger partial charge in [0.15, 0.2) is 17.3 Å². The Balaban J connectivity index is 1.59. The predicted molar refractivity (Wildman–Crippen MR) is 124 cm³/mol. The van der Waals surface area contributed by atoms with Crippen LogP contribution in [0.15, 0.2) is 60.4 Å². The molecule has 9 heteroatoms. The van der Waals surface area contributed by atoms with Crippen molar-refractivity contribution in [3.05, 3.63) is 82.6 Å². The molecule has 0 spiro atoms. The van der Waals surface area contributed by atoms with Crippen molar-refractivity contribution in [1.29, 1.82) is 0 Å². The minimum absolute atomic E-state index is 0.0433. The van der Waals surface area contributed by atoms with Gasteiger partial charge in [-0.15, -0.1) is 0 Å². The van der Waals surface area contributed by atoms with Crippen LogP contribution in [0.5, 0.6) is 28.7 Å². The topological polar surface area (TPSA) is 80.3 Å². The van der Waals surface area contributed by atoms with E-state index in [0.717, 1.165) is 0 Å². The molecule has 0 saturated heterocycles. The third-order valence-corrected chi connectivity index (χ3v) is 5.99. The van der Waals surface area contributed by atoms with Gasteiger partial charge in [0.1, 0.15) is 17.2 Å². The van der Waals surface area contributed by atoms with Crippen LogP contribution in [0.1, 0.15) is 39.4 Å². The number of rotatable bonds is 6. The van der Waals surface area contributed by atoms with Gasteiger partial charge in [-0.25, -0.2) is 0 Å². The minimum Gasteiger partial charge on any atom is -0.493 e. The molecule has 0 bridgehead atoms. The summed E-state index contributed by atoms with van der Waals surface area (Å²) in [7, 11) is 3.00. The highest BCUT2D eigenvalue weighted by Crippen LogP contribution is 2.49. The Bertz CT molecular complexity index is 1400. The van der Waals surface area contributed by atoms with Crippen molar-refractivity contribution in [3.8, 4) is 28.7 Å². The van der Waals surface area contributed by atoms with Gasteiger partial charge in [-0.3, -0.25) is 9.59 Å². The monoisotopic (exact) mass is 494 g/mol. The highest BCUT2D eigenvalue weighted by molar-refractivity contribution is 6.15. The number of ketones is 1. The number of benzene rings is 3. The third kappa shape index (κ3) is 4.13. The molecular formula is C27H20F2O7. The molecule has 0 N–H and O–H groups in total. The molecule has 0 radical (unpaired) electrons. The average molecular weight is 494 g/mol. The first-order valence-electron chi connectivity index (χ1n) is 11.0. The molecule has 1 unspecified atom stereocenters. The fourth-order valence-electron chi connectivity index (χ4n) is 4.47. The molecule has 3 aromatic carbocycles. The van der Waals surface area contributed by atoms with Crippen molar-refractivity contribution >= 4 is 17.8 Å². The minimum atomic E-state index is -2.99. The Kier molecular flexibility index (Phi) is 6.05. The van der Waals surface area contributed by atoms with Crippen LogP contribution in [-0.4, -0.2) is 32.6 Å². The number of para-hydroxylation sites is 1. The Morgan fingerprint density at radius 2 is 1.81 bits per heavy atom. The summed E-state index contributed by atoms with van der Waals surface area (Å²) in [5, 5.41) is 0. The maximum atomic E-state index is 13.2. The molecule has 7 nitrogen and oxygen atoms in total. The number of halogens is 2. The quantitative estimate of drug-likeness (QED) is 0.259. The van der Waals surface area contributed by atoms with Gasteiger partial charge in [0.25, 0.3) is 0 Å². The largest absolute Gasteiger partial charge is 0.493 e. The van der Waals surface area contributed by atoms with Crippen molar-refractivity contribution in [2.75, 3.05) is 14.2 Å². The first-order chi connectivity index (χ1) is 17.4. The second-order valence-corrected chi connectivity index (χ2v) is 8.06. The second-order valence-electron chi connectivity index (χ2n) is 8.06. The number of ether oxygens (including phenoxy) is 5. The first kappa shape index (κ1) is 23.3. The fraction of sp³-hybridized carbons (Fsp3) is 0.185. The van der Waals surface area contributed by atoms with E-state index in [1.54, 1.807) is 36.4 Å². The number of alkyl halides is 2. The van der Waals surface area contributed by atoms with Gasteiger partial charge in [0.2, 0.25) is 5.78 Å². The number of allylic oxidation sites excluding steroid dienone is 1. The predicted octanol–water partition coefficient (Wildman–Crippen LogP) is 5.36. The van der Waals surface area contributed by atoms with E-state index >= 15 is 0 Å². The van der Waals surface area contributed by atoms with Crippen LogP contribution in [-0.2, 0) is 4.79 Å². The van der Waals surface area contributed by atoms with Crippen LogP contribution in [0, 0.1) is 0 Å². The summed E-state index contributed by atoms with van der Waals surface area (Å²) >= 11 is 0. The lowest BCUT2D eigenvalue weighted by Crippen LogP contribution is -2.21. The van der Waals surface area contributed by atoms with E-state index in [1.165, 1.54) is 38.5 Å². The van der Waals surface area contributed by atoms with E-state index < -0.39 is 18.5 Å². The molecule has 0 saturated carbocycles. The zero-order valence-corrected chi connectivity index (χ0v) is 19.2. The van der Waals surface area contributed by atoms with Crippen molar-refractivity contribution in [1.82, 2.24) is 0 Å². The lowest BCUT2D eigenvalue weighted by Gasteiger charge is -2.26. The molecule has 0 aromatic heterocycles. The third-order valence-electron chi connectivity index (χ3n) is 5.99. The van der Waals surface area contributed by atoms with Gasteiger partial charge in [-0.05, 0) is 42.0 Å². The van der Waals surface area contributed by atoms with Crippen molar-refractivity contribution in [2.45, 2.75) is 19.0 Å². The number of hydrogen-bond acceptors (Lipinski definition) is 7. The number of Topliss-reactive ketones (excluding diaryl/α,β-unsaturated/α-hetero) is 1. The Hall–Kier alpha value is -4.40. The molecule has 0 fully saturated rings. The van der Waals surface area contributed by atoms with E-state index in [2.05, 4.69) is 4.74 Å². The van der Waals surface area contributed by atoms with E-state index in [-0.39, 0.29) is 35.2 Å². The maximum absolute atomic E-state index is 13.2. The molecule has 3 aromatic rings. The van der Waals surface area contributed by atoms with E-state index in [0.29, 0.717) is 33.8 Å². The van der Waals surface area contributed by atoms with Crippen LogP contribution in [0.3, 0.4) is 0 Å². The average Bonchev–Trinajstić information content (AvgIpc) is 3.18. The molecule has 184 valence electrons. The molecule has 2 aliphatic rings. The number of carbonyl (C=O) groups excluding carboxylic acids is 2. The number of esters is 1. The van der Waals surface area contributed by atoms with Crippen LogP contribution in [0.4, 0.5) is 8.78 Å². The first-order valence-corrected chi connectivity index (χ1v) is 11.0. The molecule has 2 aliphatic heterocycles. The van der Waals surface area contributed by atoms with E-state index in [1.807, 2.05) is 0 Å². The van der Waals surface area contributed by atoms with Gasteiger partial charge < -0.3 is 23.7 Å². The standard InChI is InChI=1S/C27H20F2O7/c1-32-20-8-4-6-15(25(20)33-2)12-21-24(31)17-9-10-19-23(26(17)36-21)18(13-22(30)35-19)14-5-3-7-16(11-14)34-27(28)29/h3-12,18,27H,13H2,1-2H3/b21-12-. The number of carbonyl (C=O) groups is 2. The summed E-state index contributed by atoms with van der Waals surface area (Å²) in [6.07, 6.45) is 1.49. The fourth-order valence-corrected chi connectivity index (χ4v) is 4.47. The van der Waals surface area contributed by atoms with Crippen LogP contribution < -0.4 is 23.7 Å². The van der Waals surface area contributed by atoms with Crippen molar-refractivity contribution in [2.24, 2.45) is 0 Å². The van der Waals surface area contributed by atoms with Crippen LogP contribution >= 0.6 is 0 Å². The summed E-state index contributed by atoms with van der Waals surface area (Å²) in [4.78, 5) is 25.6. The van der Waals surface area contributed by atoms with Gasteiger partial charge in [-0.2, -0.15) is 8.78 Å². The zero-order chi connectivity index (χ0) is 25.4. The van der Waals surface area contributed by atoms with Gasteiger partial charge >= 0.3 is 12.6 Å². The molecule has 0 aliphatic carbocycles. The Morgan fingerprint density at radius 3 is 2.56 bits per heavy atom. The zero-order valence-electron chi connectivity index (χ0n) is 19.2. The van der Waals surface area contributed by atoms with Crippen LogP contribution in [0.25, 0.3) is 6.08 Å². The van der Waals surface area contributed by atoms with Gasteiger partial charge in [-0.1, -0.05) is 24.3 Å². The van der Waals surface area contributed by atoms with Gasteiger partial charge in [0.05, 0.1) is 26.2 Å².